The van der Waals surface area contributed by atoms with Crippen LogP contribution in [0.5, 0.6) is 0 Å². The SMILES string of the molecule is CCCCCCCCCCCCCC[C@@H](O)[C@@H](O)[C@H](CO[C@H]1OC(CO)[C@H](O)[C@@H](O)[C@@H]1O)NC(=O)CCCCCCCCCCN. The second-order valence-corrected chi connectivity index (χ2v) is 13.3. The summed E-state index contributed by atoms with van der Waals surface area (Å²) >= 11 is 0. The third kappa shape index (κ3) is 19.2. The van der Waals surface area contributed by atoms with Crippen molar-refractivity contribution in [3.05, 3.63) is 0 Å². The van der Waals surface area contributed by atoms with E-state index < -0.39 is 55.6 Å². The van der Waals surface area contributed by atoms with E-state index in [9.17, 15) is 35.4 Å². The number of unbranched alkanes of at least 4 members (excludes halogenated alkanes) is 18. The van der Waals surface area contributed by atoms with Crippen LogP contribution in [0.2, 0.25) is 0 Å². The molecular formula is C35H70N2O9. The van der Waals surface area contributed by atoms with Gasteiger partial charge in [0, 0.05) is 6.42 Å². The lowest BCUT2D eigenvalue weighted by Crippen LogP contribution is -2.60. The van der Waals surface area contributed by atoms with Crippen molar-refractivity contribution >= 4 is 5.91 Å². The van der Waals surface area contributed by atoms with Gasteiger partial charge in [0.05, 0.1) is 25.4 Å². The van der Waals surface area contributed by atoms with Gasteiger partial charge in [0.1, 0.15) is 30.5 Å². The Balaban J connectivity index is 2.51. The van der Waals surface area contributed by atoms with Gasteiger partial charge in [-0.3, -0.25) is 4.79 Å². The van der Waals surface area contributed by atoms with Crippen LogP contribution in [0.3, 0.4) is 0 Å². The smallest absolute Gasteiger partial charge is 0.220 e. The van der Waals surface area contributed by atoms with Crippen molar-refractivity contribution in [2.75, 3.05) is 19.8 Å². The Labute approximate surface area is 278 Å². The summed E-state index contributed by atoms with van der Waals surface area (Å²) in [5.41, 5.74) is 5.53. The Bertz CT molecular complexity index is 718. The summed E-state index contributed by atoms with van der Waals surface area (Å²) in [5, 5.41) is 64.6. The summed E-state index contributed by atoms with van der Waals surface area (Å²) in [6, 6.07) is -0.991. The van der Waals surface area contributed by atoms with Gasteiger partial charge in [-0.2, -0.15) is 0 Å². The molecule has 0 aromatic heterocycles. The third-order valence-corrected chi connectivity index (χ3v) is 9.15. The Kier molecular flexibility index (Phi) is 26.3. The van der Waals surface area contributed by atoms with Crippen LogP contribution in [0.15, 0.2) is 0 Å². The minimum atomic E-state index is -1.61. The molecule has 1 saturated heterocycles. The number of hydrogen-bond acceptors (Lipinski definition) is 10. The molecule has 1 unspecified atom stereocenters. The third-order valence-electron chi connectivity index (χ3n) is 9.15. The van der Waals surface area contributed by atoms with Crippen molar-refractivity contribution in [1.82, 2.24) is 5.32 Å². The number of nitrogens with two attached hydrogens (primary N) is 1. The minimum Gasteiger partial charge on any atom is -0.394 e. The molecule has 1 amide bonds. The van der Waals surface area contributed by atoms with Gasteiger partial charge in [-0.1, -0.05) is 122 Å². The van der Waals surface area contributed by atoms with E-state index in [0.717, 1.165) is 70.8 Å². The predicted octanol–water partition coefficient (Wildman–Crippen LogP) is 3.57. The first-order valence-electron chi connectivity index (χ1n) is 18.5. The Morgan fingerprint density at radius 3 is 1.76 bits per heavy atom. The number of carbonyl (C=O) groups is 1. The Morgan fingerprint density at radius 1 is 0.739 bits per heavy atom. The highest BCUT2D eigenvalue weighted by atomic mass is 16.7. The van der Waals surface area contributed by atoms with Gasteiger partial charge in [-0.25, -0.2) is 0 Å². The van der Waals surface area contributed by atoms with E-state index in [1.807, 2.05) is 0 Å². The van der Waals surface area contributed by atoms with E-state index in [-0.39, 0.29) is 18.9 Å². The molecule has 8 atom stereocenters. The number of rotatable bonds is 30. The number of amides is 1. The van der Waals surface area contributed by atoms with Crippen molar-refractivity contribution in [3.63, 3.8) is 0 Å². The fraction of sp³-hybridized carbons (Fsp3) is 0.971. The zero-order valence-electron chi connectivity index (χ0n) is 28.8. The zero-order valence-corrected chi connectivity index (χ0v) is 28.8. The van der Waals surface area contributed by atoms with Gasteiger partial charge < -0.3 is 51.2 Å². The molecule has 1 heterocycles. The number of hydrogen-bond donors (Lipinski definition) is 8. The van der Waals surface area contributed by atoms with E-state index in [1.165, 1.54) is 57.8 Å². The number of nitrogens with one attached hydrogen (secondary N) is 1. The monoisotopic (exact) mass is 663 g/mol. The Morgan fingerprint density at radius 2 is 1.24 bits per heavy atom. The molecule has 11 nitrogen and oxygen atoms in total. The summed E-state index contributed by atoms with van der Waals surface area (Å²) in [6.45, 7) is 2.05. The summed E-state index contributed by atoms with van der Waals surface area (Å²) in [6.07, 6.45) is 13.6. The van der Waals surface area contributed by atoms with Crippen LogP contribution in [0, 0.1) is 0 Å². The molecule has 1 aliphatic rings. The van der Waals surface area contributed by atoms with Crippen LogP contribution >= 0.6 is 0 Å². The predicted molar refractivity (Wildman–Crippen MR) is 180 cm³/mol. The molecule has 11 heteroatoms. The fourth-order valence-electron chi connectivity index (χ4n) is 6.03. The first-order valence-corrected chi connectivity index (χ1v) is 18.5. The highest BCUT2D eigenvalue weighted by Gasteiger charge is 2.44. The maximum Gasteiger partial charge on any atom is 0.220 e. The van der Waals surface area contributed by atoms with Crippen molar-refractivity contribution < 1.29 is 44.9 Å². The van der Waals surface area contributed by atoms with Crippen LogP contribution in [-0.2, 0) is 14.3 Å². The van der Waals surface area contributed by atoms with Crippen molar-refractivity contribution in [2.24, 2.45) is 5.73 Å². The normalized spacial score (nSPS) is 23.7. The van der Waals surface area contributed by atoms with E-state index in [2.05, 4.69) is 12.2 Å². The van der Waals surface area contributed by atoms with E-state index in [4.69, 9.17) is 15.2 Å². The fourth-order valence-corrected chi connectivity index (χ4v) is 6.03. The highest BCUT2D eigenvalue weighted by Crippen LogP contribution is 2.23. The molecule has 0 saturated carbocycles. The molecule has 274 valence electrons. The first-order chi connectivity index (χ1) is 22.3. The van der Waals surface area contributed by atoms with Crippen molar-refractivity contribution in [2.45, 2.75) is 197 Å². The molecule has 1 aliphatic heterocycles. The molecule has 1 fully saturated rings. The molecule has 0 bridgehead atoms. The quantitative estimate of drug-likeness (QED) is 0.0527. The number of aliphatic hydroxyl groups is 6. The van der Waals surface area contributed by atoms with Crippen LogP contribution in [0.25, 0.3) is 0 Å². The average Bonchev–Trinajstić information content (AvgIpc) is 3.05. The lowest BCUT2D eigenvalue weighted by Gasteiger charge is -2.40. The first kappa shape index (κ1) is 43.1. The van der Waals surface area contributed by atoms with Crippen molar-refractivity contribution in [1.29, 1.82) is 0 Å². The van der Waals surface area contributed by atoms with Gasteiger partial charge in [0.25, 0.3) is 0 Å². The van der Waals surface area contributed by atoms with Gasteiger partial charge in [-0.15, -0.1) is 0 Å². The average molecular weight is 663 g/mol. The highest BCUT2D eigenvalue weighted by molar-refractivity contribution is 5.76. The summed E-state index contributed by atoms with van der Waals surface area (Å²) in [4.78, 5) is 12.8. The molecule has 0 aromatic rings. The number of carbonyl (C=O) groups excluding carboxylic acids is 1. The van der Waals surface area contributed by atoms with Crippen LogP contribution in [-0.4, -0.2) is 105 Å². The Hall–Kier alpha value is -0.890. The zero-order chi connectivity index (χ0) is 34.0. The number of ether oxygens (including phenoxy) is 2. The molecule has 0 radical (unpaired) electrons. The molecule has 0 aliphatic carbocycles. The van der Waals surface area contributed by atoms with Gasteiger partial charge in [0.15, 0.2) is 6.29 Å². The van der Waals surface area contributed by atoms with Crippen LogP contribution in [0.4, 0.5) is 0 Å². The molecule has 1 rings (SSSR count). The molecule has 9 N–H and O–H groups in total. The van der Waals surface area contributed by atoms with Crippen molar-refractivity contribution in [3.8, 4) is 0 Å². The lowest BCUT2D eigenvalue weighted by atomic mass is 9.98. The van der Waals surface area contributed by atoms with Gasteiger partial charge in [0.2, 0.25) is 5.91 Å². The lowest BCUT2D eigenvalue weighted by molar-refractivity contribution is -0.303. The topological polar surface area (TPSA) is 195 Å². The summed E-state index contributed by atoms with van der Waals surface area (Å²) in [5.74, 6) is -0.276. The van der Waals surface area contributed by atoms with Gasteiger partial charge in [-0.05, 0) is 25.8 Å². The summed E-state index contributed by atoms with van der Waals surface area (Å²) in [7, 11) is 0. The molecule has 0 aromatic carbocycles. The second kappa shape index (κ2) is 28.0. The standard InChI is InChI=1S/C35H70N2O9/c1-2-3-4-5-6-7-8-9-10-13-16-19-22-28(39)31(41)27(26-45-35-34(44)33(43)32(42)29(25-38)46-35)37-30(40)23-20-17-14-11-12-15-18-21-24-36/h27-29,31-35,38-39,41-44H,2-26,36H2,1H3,(H,37,40)/t27-,28+,29?,31-,32-,33+,34-,35-/m0/s1. The number of aliphatic hydroxyl groups excluding tert-OH is 6. The van der Waals surface area contributed by atoms with E-state index >= 15 is 0 Å². The minimum absolute atomic E-state index is 0.269. The molecular weight excluding hydrogens is 592 g/mol. The molecule has 46 heavy (non-hydrogen) atoms. The maximum atomic E-state index is 12.8. The summed E-state index contributed by atoms with van der Waals surface area (Å²) < 4.78 is 11.1. The maximum absolute atomic E-state index is 12.8. The van der Waals surface area contributed by atoms with Crippen LogP contribution in [0.1, 0.15) is 148 Å². The van der Waals surface area contributed by atoms with Gasteiger partial charge >= 0.3 is 0 Å². The van der Waals surface area contributed by atoms with E-state index in [1.54, 1.807) is 0 Å². The largest absolute Gasteiger partial charge is 0.394 e. The second-order valence-electron chi connectivity index (χ2n) is 13.3. The van der Waals surface area contributed by atoms with Crippen LogP contribution < -0.4 is 11.1 Å². The van der Waals surface area contributed by atoms with E-state index in [0.29, 0.717) is 12.8 Å². The molecule has 0 spiro atoms.